The molecular formula is C48H65N9O6S. The van der Waals surface area contributed by atoms with Crippen LogP contribution in [0.2, 0.25) is 0 Å². The Morgan fingerprint density at radius 1 is 1.12 bits per heavy atom. The average molecular weight is 896 g/mol. The molecule has 4 aliphatic heterocycles. The third kappa shape index (κ3) is 9.48. The fourth-order valence-electron chi connectivity index (χ4n) is 9.92. The van der Waals surface area contributed by atoms with Gasteiger partial charge >= 0.3 is 5.97 Å². The molecule has 4 aliphatic rings. The first-order chi connectivity index (χ1) is 30.7. The van der Waals surface area contributed by atoms with Crippen molar-refractivity contribution >= 4 is 45.9 Å². The van der Waals surface area contributed by atoms with E-state index < -0.39 is 29.5 Å². The highest BCUT2D eigenvalue weighted by molar-refractivity contribution is 7.10. The van der Waals surface area contributed by atoms with Crippen LogP contribution in [0.1, 0.15) is 89.6 Å². The number of pyridine rings is 1. The van der Waals surface area contributed by atoms with E-state index in [4.69, 9.17) is 19.4 Å². The number of fused-ring (bicyclic) bond motifs is 6. The predicted molar refractivity (Wildman–Crippen MR) is 247 cm³/mol. The molecule has 3 amide bonds. The molecule has 64 heavy (non-hydrogen) atoms. The molecule has 0 aliphatic carbocycles. The van der Waals surface area contributed by atoms with Gasteiger partial charge in [0.25, 0.3) is 5.91 Å². The van der Waals surface area contributed by atoms with Gasteiger partial charge in [0.1, 0.15) is 12.1 Å². The summed E-state index contributed by atoms with van der Waals surface area (Å²) in [6, 6.07) is 8.17. The number of esters is 1. The number of thiazole rings is 1. The molecule has 6 atom stereocenters. The smallest absolute Gasteiger partial charge is 0.324 e. The van der Waals surface area contributed by atoms with Crippen molar-refractivity contribution in [1.82, 2.24) is 45.4 Å². The van der Waals surface area contributed by atoms with Crippen molar-refractivity contribution in [3.8, 4) is 22.5 Å². The molecule has 6 bridgehead atoms. The van der Waals surface area contributed by atoms with Gasteiger partial charge in [-0.25, -0.2) is 10.4 Å². The van der Waals surface area contributed by atoms with E-state index in [1.54, 1.807) is 13.3 Å². The predicted octanol–water partition coefficient (Wildman–Crippen LogP) is 5.12. The maximum absolute atomic E-state index is 14.7. The largest absolute Gasteiger partial charge is 0.464 e. The van der Waals surface area contributed by atoms with Gasteiger partial charge in [-0.1, -0.05) is 33.8 Å². The Kier molecular flexibility index (Phi) is 13.6. The SMILES string of the molecule is CCn1c(-c2cccnc2[C@H](C)OC)c2c3cc(ccc31)-c1csc(n1)C[C@H](NC(=O)C(C(C)C)N1CCC[C@H](N(C)C(=O)[C@H]3CN3)C1)C(=O)N1CCC[C@H](N1)C(=O)OCC(C)(C)C2. The Morgan fingerprint density at radius 2 is 1.91 bits per heavy atom. The van der Waals surface area contributed by atoms with Crippen LogP contribution in [0.5, 0.6) is 0 Å². The molecular weight excluding hydrogens is 831 g/mol. The van der Waals surface area contributed by atoms with E-state index in [1.165, 1.54) is 16.3 Å². The number of aryl methyl sites for hydroxylation is 1. The molecule has 16 heteroatoms. The minimum atomic E-state index is -0.961. The Morgan fingerprint density at radius 3 is 2.64 bits per heavy atom. The third-order valence-corrected chi connectivity index (χ3v) is 14.3. The van der Waals surface area contributed by atoms with E-state index in [0.29, 0.717) is 57.0 Å². The summed E-state index contributed by atoms with van der Waals surface area (Å²) in [6.07, 6.45) is 5.15. The molecule has 1 aromatic carbocycles. The van der Waals surface area contributed by atoms with Crippen LogP contribution in [-0.2, 0) is 48.0 Å². The summed E-state index contributed by atoms with van der Waals surface area (Å²) in [7, 11) is 3.55. The number of rotatable bonds is 10. The fraction of sp³-hybridized carbons (Fsp3) is 0.583. The number of cyclic esters (lactones) is 1. The average Bonchev–Trinajstić information content (AvgIpc) is 3.97. The lowest BCUT2D eigenvalue weighted by molar-refractivity contribution is -0.155. The summed E-state index contributed by atoms with van der Waals surface area (Å²) < 4.78 is 14.3. The lowest BCUT2D eigenvalue weighted by Gasteiger charge is -2.42. The minimum Gasteiger partial charge on any atom is -0.464 e. The number of carbonyl (C=O) groups is 4. The van der Waals surface area contributed by atoms with Crippen LogP contribution in [0.3, 0.4) is 0 Å². The first kappa shape index (κ1) is 45.8. The van der Waals surface area contributed by atoms with Crippen molar-refractivity contribution in [1.29, 1.82) is 0 Å². The number of likely N-dealkylation sites (tertiary alicyclic amines) is 1. The molecule has 4 aromatic rings. The molecule has 3 saturated heterocycles. The first-order valence-corrected chi connectivity index (χ1v) is 23.9. The van der Waals surface area contributed by atoms with Crippen LogP contribution in [0, 0.1) is 11.3 Å². The van der Waals surface area contributed by atoms with Gasteiger partial charge in [-0.05, 0) is 88.2 Å². The zero-order valence-corrected chi connectivity index (χ0v) is 39.4. The second-order valence-corrected chi connectivity index (χ2v) is 20.1. The van der Waals surface area contributed by atoms with Crippen molar-refractivity contribution in [2.24, 2.45) is 11.3 Å². The number of hydrogen-bond donors (Lipinski definition) is 3. The van der Waals surface area contributed by atoms with Crippen molar-refractivity contribution in [2.45, 2.75) is 123 Å². The van der Waals surface area contributed by atoms with E-state index in [2.05, 4.69) is 70.6 Å². The van der Waals surface area contributed by atoms with Crippen LogP contribution in [0.15, 0.2) is 41.9 Å². The van der Waals surface area contributed by atoms with E-state index >= 15 is 0 Å². The fourth-order valence-corrected chi connectivity index (χ4v) is 10.8. The van der Waals surface area contributed by atoms with Crippen molar-refractivity contribution in [2.75, 3.05) is 46.9 Å². The lowest BCUT2D eigenvalue weighted by atomic mass is 9.84. The molecule has 344 valence electrons. The Balaban J connectivity index is 1.16. The number of hydrogen-bond acceptors (Lipinski definition) is 12. The Labute approximate surface area is 380 Å². The number of methoxy groups -OCH3 is 1. The van der Waals surface area contributed by atoms with Gasteiger partial charge in [0.2, 0.25) is 11.8 Å². The maximum atomic E-state index is 14.7. The number of likely N-dealkylation sites (N-methyl/N-ethyl adjacent to an activating group) is 1. The van der Waals surface area contributed by atoms with Crippen molar-refractivity contribution < 1.29 is 28.7 Å². The maximum Gasteiger partial charge on any atom is 0.324 e. The summed E-state index contributed by atoms with van der Waals surface area (Å²) in [5.74, 6) is -0.977. The van der Waals surface area contributed by atoms with Gasteiger partial charge in [0, 0.05) is 91.8 Å². The summed E-state index contributed by atoms with van der Waals surface area (Å²) in [6.45, 7) is 15.7. The van der Waals surface area contributed by atoms with Crippen molar-refractivity contribution in [3.05, 3.63) is 58.2 Å². The van der Waals surface area contributed by atoms with Gasteiger partial charge in [-0.3, -0.25) is 34.1 Å². The quantitative estimate of drug-likeness (QED) is 0.143. The molecule has 7 heterocycles. The highest BCUT2D eigenvalue weighted by Crippen LogP contribution is 2.42. The van der Waals surface area contributed by atoms with E-state index in [-0.39, 0.29) is 54.9 Å². The summed E-state index contributed by atoms with van der Waals surface area (Å²) >= 11 is 1.46. The van der Waals surface area contributed by atoms with Gasteiger partial charge in [0.15, 0.2) is 0 Å². The molecule has 8 rings (SSSR count). The summed E-state index contributed by atoms with van der Waals surface area (Å²) in [4.78, 5) is 70.1. The number of carbonyl (C=O) groups excluding carboxylic acids is 4. The molecule has 0 spiro atoms. The number of piperidine rings is 1. The highest BCUT2D eigenvalue weighted by atomic mass is 32.1. The van der Waals surface area contributed by atoms with Gasteiger partial charge < -0.3 is 29.6 Å². The first-order valence-electron chi connectivity index (χ1n) is 23.0. The van der Waals surface area contributed by atoms with Crippen LogP contribution in [0.4, 0.5) is 0 Å². The third-order valence-electron chi connectivity index (χ3n) is 13.5. The number of nitrogens with zero attached hydrogens (tertiary/aromatic N) is 6. The molecule has 15 nitrogen and oxygen atoms in total. The van der Waals surface area contributed by atoms with Crippen LogP contribution in [-0.4, -0.2) is 130 Å². The van der Waals surface area contributed by atoms with Crippen LogP contribution >= 0.6 is 11.3 Å². The normalized spacial score (nSPS) is 23.9. The molecule has 3 aromatic heterocycles. The van der Waals surface area contributed by atoms with Gasteiger partial charge in [-0.15, -0.1) is 11.3 Å². The Hall–Kier alpha value is -4.74. The zero-order chi connectivity index (χ0) is 45.4. The number of nitrogens with one attached hydrogen (secondary N) is 3. The minimum absolute atomic E-state index is 0.0152. The van der Waals surface area contributed by atoms with Crippen molar-refractivity contribution in [3.63, 3.8) is 0 Å². The summed E-state index contributed by atoms with van der Waals surface area (Å²) in [5.41, 5.74) is 9.55. The summed E-state index contributed by atoms with van der Waals surface area (Å²) in [5, 5.41) is 11.6. The van der Waals surface area contributed by atoms with Gasteiger partial charge in [0.05, 0.1) is 46.9 Å². The number of hydrazine groups is 1. The topological polar surface area (TPSA) is 173 Å². The highest BCUT2D eigenvalue weighted by Gasteiger charge is 2.41. The molecule has 3 N–H and O–H groups in total. The number of benzene rings is 1. The zero-order valence-electron chi connectivity index (χ0n) is 38.6. The molecule has 1 unspecified atom stereocenters. The number of ether oxygens (including phenoxy) is 2. The molecule has 0 saturated carbocycles. The standard InChI is InChI=1S/C48H65N9O6S/c1-9-56-39-17-16-30-21-33(39)34(43(56)32-14-10-18-49-41(32)29(4)62-8)23-48(5,6)27-63-47(61)35-15-12-20-57(53-35)46(60)36(22-40-51-38(30)26-64-40)52-44(58)42(28(2)3)55-19-11-13-31(25-55)54(7)45(59)37-24-50-37/h10,14,16-18,21,26,28-29,31,35-37,42,50,53H,9,11-13,15,19-20,22-25,27H2,1-8H3,(H,52,58)/t29-,31-,35-,36-,37+,42?/m0/s1. The van der Waals surface area contributed by atoms with Crippen LogP contribution < -0.4 is 16.1 Å². The van der Waals surface area contributed by atoms with E-state index in [0.717, 1.165) is 57.5 Å². The van der Waals surface area contributed by atoms with Gasteiger partial charge in [-0.2, -0.15) is 0 Å². The second kappa shape index (κ2) is 19.0. The second-order valence-electron chi connectivity index (χ2n) is 19.2. The lowest BCUT2D eigenvalue weighted by Crippen LogP contribution is -2.63. The monoisotopic (exact) mass is 895 g/mol. The number of aromatic nitrogens is 3. The van der Waals surface area contributed by atoms with E-state index in [9.17, 15) is 19.2 Å². The number of amides is 3. The Bertz CT molecular complexity index is 2370. The van der Waals surface area contributed by atoms with E-state index in [1.807, 2.05) is 44.2 Å². The van der Waals surface area contributed by atoms with Crippen LogP contribution in [0.25, 0.3) is 33.4 Å². The molecule has 0 radical (unpaired) electrons. The molecule has 3 fully saturated rings.